The number of hydrogen-bond donors (Lipinski definition) is 1. The van der Waals surface area contributed by atoms with Gasteiger partial charge in [-0.15, -0.1) is 11.3 Å². The monoisotopic (exact) mass is 518 g/mol. The Labute approximate surface area is 202 Å². The largest absolute Gasteiger partial charge is 0.493 e. The van der Waals surface area contributed by atoms with Gasteiger partial charge in [-0.1, -0.05) is 6.07 Å². The van der Waals surface area contributed by atoms with Crippen LogP contribution in [-0.2, 0) is 22.6 Å². The number of anilines is 1. The maximum Gasteiger partial charge on any atom is 0.417 e. The highest BCUT2D eigenvalue weighted by Gasteiger charge is 2.37. The molecule has 0 radical (unpaired) electrons. The number of fused-ring (bicyclic) bond motifs is 1. The molecule has 7 nitrogen and oxygen atoms in total. The number of nitrogens with zero attached hydrogens (tertiary/aromatic N) is 3. The van der Waals surface area contributed by atoms with E-state index in [4.69, 9.17) is 4.74 Å². The highest BCUT2D eigenvalue weighted by Crippen LogP contribution is 2.46. The number of alkyl halides is 3. The normalized spacial score (nSPS) is 13.7. The Morgan fingerprint density at radius 3 is 2.51 bits per heavy atom. The van der Waals surface area contributed by atoms with Crippen LogP contribution in [0.3, 0.4) is 0 Å². The van der Waals surface area contributed by atoms with Crippen LogP contribution in [0, 0.1) is 0 Å². The van der Waals surface area contributed by atoms with Crippen LogP contribution in [0.2, 0.25) is 0 Å². The molecular weight excluding hydrogens is 501 g/mol. The highest BCUT2D eigenvalue weighted by molar-refractivity contribution is 7.92. The molecule has 12 heteroatoms. The van der Waals surface area contributed by atoms with Crippen LogP contribution in [0.1, 0.15) is 17.5 Å². The van der Waals surface area contributed by atoms with Crippen molar-refractivity contribution in [1.29, 1.82) is 0 Å². The fourth-order valence-electron chi connectivity index (χ4n) is 3.84. The third-order valence-corrected chi connectivity index (χ3v) is 7.54. The molecule has 0 saturated carbocycles. The van der Waals surface area contributed by atoms with Crippen molar-refractivity contribution in [2.45, 2.75) is 23.9 Å². The van der Waals surface area contributed by atoms with Gasteiger partial charge in [0, 0.05) is 41.2 Å². The Kier molecular flexibility index (Phi) is 5.93. The van der Waals surface area contributed by atoms with E-state index in [9.17, 15) is 21.6 Å². The lowest BCUT2D eigenvalue weighted by Crippen LogP contribution is -2.17. The molecule has 0 spiro atoms. The lowest BCUT2D eigenvalue weighted by molar-refractivity contribution is -0.137. The van der Waals surface area contributed by atoms with Crippen LogP contribution in [-0.4, -0.2) is 30.0 Å². The fourth-order valence-corrected chi connectivity index (χ4v) is 5.63. The van der Waals surface area contributed by atoms with Gasteiger partial charge >= 0.3 is 6.18 Å². The molecule has 4 aromatic rings. The third kappa shape index (κ3) is 4.58. The van der Waals surface area contributed by atoms with Crippen molar-refractivity contribution in [3.05, 3.63) is 71.5 Å². The SMILES string of the molecule is O=S(=O)(Nc1ccc(C(F)(F)F)c(-c2ncccn2)c1-c1nccs1)c1ccc2c(c1)OCCC2. The van der Waals surface area contributed by atoms with Gasteiger partial charge in [-0.2, -0.15) is 13.2 Å². The quantitative estimate of drug-likeness (QED) is 0.380. The molecule has 0 bridgehead atoms. The molecule has 1 aliphatic heterocycles. The van der Waals surface area contributed by atoms with E-state index in [1.165, 1.54) is 36.8 Å². The minimum Gasteiger partial charge on any atom is -0.493 e. The van der Waals surface area contributed by atoms with E-state index in [2.05, 4.69) is 19.7 Å². The van der Waals surface area contributed by atoms with Gasteiger partial charge in [0.15, 0.2) is 5.82 Å². The Balaban J connectivity index is 1.69. The number of rotatable bonds is 5. The topological polar surface area (TPSA) is 94.1 Å². The molecule has 3 heterocycles. The summed E-state index contributed by atoms with van der Waals surface area (Å²) in [5.41, 5.74) is -0.592. The van der Waals surface area contributed by atoms with Crippen molar-refractivity contribution in [3.63, 3.8) is 0 Å². The summed E-state index contributed by atoms with van der Waals surface area (Å²) in [4.78, 5) is 12.1. The molecule has 0 aliphatic carbocycles. The summed E-state index contributed by atoms with van der Waals surface area (Å²) >= 11 is 1.07. The van der Waals surface area contributed by atoms with Crippen molar-refractivity contribution in [2.24, 2.45) is 0 Å². The first-order valence-corrected chi connectivity index (χ1v) is 12.8. The molecular formula is C23H17F3N4O3S2. The van der Waals surface area contributed by atoms with E-state index in [0.717, 1.165) is 41.9 Å². The van der Waals surface area contributed by atoms with Gasteiger partial charge in [-0.05, 0) is 42.7 Å². The molecule has 180 valence electrons. The molecule has 0 amide bonds. The zero-order valence-electron chi connectivity index (χ0n) is 17.9. The number of aromatic nitrogens is 3. The van der Waals surface area contributed by atoms with Crippen LogP contribution in [0.5, 0.6) is 5.75 Å². The van der Waals surface area contributed by atoms with Crippen LogP contribution in [0.15, 0.2) is 65.3 Å². The molecule has 0 fully saturated rings. The third-order valence-electron chi connectivity index (χ3n) is 5.39. The van der Waals surface area contributed by atoms with Crippen molar-refractivity contribution in [2.75, 3.05) is 11.3 Å². The second-order valence-corrected chi connectivity index (χ2v) is 10.2. The average molecular weight is 519 g/mol. The fraction of sp³-hybridized carbons (Fsp3) is 0.174. The van der Waals surface area contributed by atoms with Gasteiger partial charge in [-0.25, -0.2) is 23.4 Å². The molecule has 0 atom stereocenters. The molecule has 1 N–H and O–H groups in total. The van der Waals surface area contributed by atoms with Crippen molar-refractivity contribution >= 4 is 27.0 Å². The number of thiazole rings is 1. The van der Waals surface area contributed by atoms with Crippen molar-refractivity contribution < 1.29 is 26.3 Å². The summed E-state index contributed by atoms with van der Waals surface area (Å²) in [6.07, 6.45) is 0.931. The smallest absolute Gasteiger partial charge is 0.417 e. The minimum atomic E-state index is -4.74. The summed E-state index contributed by atoms with van der Waals surface area (Å²) in [5.74, 6) is 0.276. The predicted octanol–water partition coefficient (Wildman–Crippen LogP) is 5.41. The van der Waals surface area contributed by atoms with E-state index in [1.807, 2.05) is 0 Å². The van der Waals surface area contributed by atoms with Crippen LogP contribution in [0.4, 0.5) is 18.9 Å². The zero-order valence-corrected chi connectivity index (χ0v) is 19.5. The standard InChI is InChI=1S/C23H17F3N4O3S2/c24-23(25,26)16-6-7-17(20(22-29-10-12-34-22)19(16)21-27-8-2-9-28-21)30-35(31,32)15-5-4-14-3-1-11-33-18(14)13-15/h2,4-10,12-13,30H,1,3,11H2. The van der Waals surface area contributed by atoms with Gasteiger partial charge in [-0.3, -0.25) is 4.72 Å². The van der Waals surface area contributed by atoms with Gasteiger partial charge in [0.2, 0.25) is 0 Å². The first kappa shape index (κ1) is 23.2. The Hall–Kier alpha value is -3.51. The molecule has 35 heavy (non-hydrogen) atoms. The van der Waals surface area contributed by atoms with Gasteiger partial charge < -0.3 is 4.74 Å². The molecule has 2 aromatic heterocycles. The summed E-state index contributed by atoms with van der Waals surface area (Å²) < 4.78 is 76.7. The number of aryl methyl sites for hydroxylation is 1. The summed E-state index contributed by atoms with van der Waals surface area (Å²) in [7, 11) is -4.18. The van der Waals surface area contributed by atoms with E-state index >= 15 is 0 Å². The van der Waals surface area contributed by atoms with Gasteiger partial charge in [0.1, 0.15) is 10.8 Å². The zero-order chi connectivity index (χ0) is 24.6. The maximum absolute atomic E-state index is 14.0. The summed E-state index contributed by atoms with van der Waals surface area (Å²) in [6.45, 7) is 0.484. The van der Waals surface area contributed by atoms with Gasteiger partial charge in [0.25, 0.3) is 10.0 Å². The molecule has 0 saturated heterocycles. The molecule has 0 unspecified atom stereocenters. The molecule has 1 aliphatic rings. The summed E-state index contributed by atoms with van der Waals surface area (Å²) in [6, 6.07) is 7.93. The first-order valence-electron chi connectivity index (χ1n) is 10.4. The maximum atomic E-state index is 14.0. The molecule has 2 aromatic carbocycles. The van der Waals surface area contributed by atoms with E-state index in [-0.39, 0.29) is 32.5 Å². The Bertz CT molecular complexity index is 1480. The second-order valence-electron chi connectivity index (χ2n) is 7.65. The minimum absolute atomic E-state index is 0.0567. The van der Waals surface area contributed by atoms with Crippen LogP contribution in [0.25, 0.3) is 22.0 Å². The Morgan fingerprint density at radius 1 is 1.00 bits per heavy atom. The van der Waals surface area contributed by atoms with Crippen molar-refractivity contribution in [3.8, 4) is 27.7 Å². The Morgan fingerprint density at radius 2 is 1.80 bits per heavy atom. The van der Waals surface area contributed by atoms with Crippen LogP contribution < -0.4 is 9.46 Å². The van der Waals surface area contributed by atoms with E-state index in [0.29, 0.717) is 12.4 Å². The highest BCUT2D eigenvalue weighted by atomic mass is 32.2. The van der Waals surface area contributed by atoms with E-state index in [1.54, 1.807) is 11.4 Å². The van der Waals surface area contributed by atoms with Crippen LogP contribution >= 0.6 is 11.3 Å². The summed E-state index contributed by atoms with van der Waals surface area (Å²) in [5, 5.41) is 1.77. The van der Waals surface area contributed by atoms with Crippen molar-refractivity contribution in [1.82, 2.24) is 15.0 Å². The van der Waals surface area contributed by atoms with Gasteiger partial charge in [0.05, 0.1) is 22.8 Å². The number of hydrogen-bond acceptors (Lipinski definition) is 7. The number of benzene rings is 2. The lowest BCUT2D eigenvalue weighted by Gasteiger charge is -2.20. The lowest BCUT2D eigenvalue weighted by atomic mass is 9.98. The van der Waals surface area contributed by atoms with E-state index < -0.39 is 21.8 Å². The predicted molar refractivity (Wildman–Crippen MR) is 125 cm³/mol. The number of sulfonamides is 1. The number of halogens is 3. The average Bonchev–Trinajstić information content (AvgIpc) is 3.37. The first-order chi connectivity index (χ1) is 16.7. The number of nitrogens with one attached hydrogen (secondary N) is 1. The molecule has 5 rings (SSSR count). The second kappa shape index (κ2) is 8.93. The number of ether oxygens (including phenoxy) is 1.